The van der Waals surface area contributed by atoms with E-state index in [4.69, 9.17) is 0 Å². The topological polar surface area (TPSA) is 23.5 Å². The van der Waals surface area contributed by atoms with Crippen LogP contribution in [0.5, 0.6) is 0 Å². The maximum atomic E-state index is 10.8. The van der Waals surface area contributed by atoms with Crippen LogP contribution >= 0.6 is 0 Å². The van der Waals surface area contributed by atoms with E-state index in [1.165, 1.54) is 11.1 Å². The van der Waals surface area contributed by atoms with E-state index in [1.54, 1.807) is 0 Å². The molecule has 110 valence electrons. The second-order valence-corrected chi connectivity index (χ2v) is 6.19. The predicted octanol–water partition coefficient (Wildman–Crippen LogP) is 3.19. The Bertz CT molecular complexity index is 568. The Morgan fingerprint density at radius 1 is 0.905 bits per heavy atom. The van der Waals surface area contributed by atoms with Crippen LogP contribution in [-0.2, 0) is 12.0 Å². The third-order valence-corrected chi connectivity index (χ3v) is 4.56. The third kappa shape index (κ3) is 3.34. The van der Waals surface area contributed by atoms with Gasteiger partial charge in [-0.15, -0.1) is 0 Å². The highest BCUT2D eigenvalue weighted by molar-refractivity contribution is 5.31. The molecular weight excluding hydrogens is 258 g/mol. The summed E-state index contributed by atoms with van der Waals surface area (Å²) in [6.07, 6.45) is 2.59. The van der Waals surface area contributed by atoms with Gasteiger partial charge in [0.25, 0.3) is 0 Å². The van der Waals surface area contributed by atoms with Crippen molar-refractivity contribution in [3.63, 3.8) is 0 Å². The summed E-state index contributed by atoms with van der Waals surface area (Å²) in [7, 11) is 2.11. The number of likely N-dealkylation sites (tertiary alicyclic amines) is 1. The van der Waals surface area contributed by atoms with Crippen molar-refractivity contribution in [2.45, 2.75) is 24.9 Å². The Morgan fingerprint density at radius 2 is 1.48 bits per heavy atom. The van der Waals surface area contributed by atoms with E-state index in [-0.39, 0.29) is 0 Å². The van der Waals surface area contributed by atoms with Crippen molar-refractivity contribution < 1.29 is 5.11 Å². The first-order chi connectivity index (χ1) is 10.2. The molecule has 2 nitrogen and oxygen atoms in total. The summed E-state index contributed by atoms with van der Waals surface area (Å²) in [4.78, 5) is 2.28. The van der Waals surface area contributed by atoms with Crippen LogP contribution in [0.25, 0.3) is 0 Å². The average Bonchev–Trinajstić information content (AvgIpc) is 2.52. The second-order valence-electron chi connectivity index (χ2n) is 6.19. The SMILES string of the molecule is CN1CCC(O)(c2ccc(Cc3ccccc3)cc2)CC1. The molecule has 1 heterocycles. The van der Waals surface area contributed by atoms with Crippen molar-refractivity contribution in [1.82, 2.24) is 4.90 Å². The predicted molar refractivity (Wildman–Crippen MR) is 86.3 cm³/mol. The smallest absolute Gasteiger partial charge is 0.0920 e. The van der Waals surface area contributed by atoms with E-state index < -0.39 is 5.60 Å². The van der Waals surface area contributed by atoms with Gasteiger partial charge in [-0.2, -0.15) is 0 Å². The molecule has 3 rings (SSSR count). The largest absolute Gasteiger partial charge is 0.385 e. The zero-order chi connectivity index (χ0) is 14.7. The highest BCUT2D eigenvalue weighted by Crippen LogP contribution is 2.32. The van der Waals surface area contributed by atoms with Crippen LogP contribution in [0.4, 0.5) is 0 Å². The first kappa shape index (κ1) is 14.3. The highest BCUT2D eigenvalue weighted by atomic mass is 16.3. The van der Waals surface area contributed by atoms with Gasteiger partial charge < -0.3 is 10.0 Å². The van der Waals surface area contributed by atoms with Crippen molar-refractivity contribution >= 4 is 0 Å². The molecule has 0 atom stereocenters. The number of nitrogens with zero attached hydrogens (tertiary/aromatic N) is 1. The zero-order valence-corrected chi connectivity index (χ0v) is 12.6. The fourth-order valence-electron chi connectivity index (χ4n) is 3.04. The molecule has 0 aliphatic carbocycles. The summed E-state index contributed by atoms with van der Waals surface area (Å²) in [5.74, 6) is 0. The summed E-state index contributed by atoms with van der Waals surface area (Å²) in [6.45, 7) is 1.92. The molecule has 1 saturated heterocycles. The van der Waals surface area contributed by atoms with Gasteiger partial charge in [0.15, 0.2) is 0 Å². The molecule has 2 aromatic carbocycles. The minimum absolute atomic E-state index is 0.641. The first-order valence-corrected chi connectivity index (χ1v) is 7.70. The number of hydrogen-bond acceptors (Lipinski definition) is 2. The van der Waals surface area contributed by atoms with Crippen molar-refractivity contribution in [1.29, 1.82) is 0 Å². The van der Waals surface area contributed by atoms with Gasteiger partial charge in [0, 0.05) is 13.1 Å². The Hall–Kier alpha value is -1.64. The molecule has 0 amide bonds. The van der Waals surface area contributed by atoms with Gasteiger partial charge in [-0.25, -0.2) is 0 Å². The van der Waals surface area contributed by atoms with Gasteiger partial charge in [0.2, 0.25) is 0 Å². The van der Waals surface area contributed by atoms with Crippen molar-refractivity contribution in [2.24, 2.45) is 0 Å². The highest BCUT2D eigenvalue weighted by Gasteiger charge is 2.32. The molecule has 0 unspecified atom stereocenters. The lowest BCUT2D eigenvalue weighted by Gasteiger charge is -2.37. The Morgan fingerprint density at radius 3 is 2.10 bits per heavy atom. The van der Waals surface area contributed by atoms with E-state index in [0.29, 0.717) is 0 Å². The molecule has 2 aromatic rings. The van der Waals surface area contributed by atoms with Crippen LogP contribution in [0, 0.1) is 0 Å². The van der Waals surface area contributed by atoms with Crippen molar-refractivity contribution in [3.8, 4) is 0 Å². The van der Waals surface area contributed by atoms with Crippen LogP contribution in [0.3, 0.4) is 0 Å². The number of piperidine rings is 1. The van der Waals surface area contributed by atoms with Crippen LogP contribution in [0.15, 0.2) is 54.6 Å². The summed E-state index contributed by atoms with van der Waals surface area (Å²) in [5.41, 5.74) is 3.04. The summed E-state index contributed by atoms with van der Waals surface area (Å²) in [5, 5.41) is 10.8. The Labute approximate surface area is 127 Å². The van der Waals surface area contributed by atoms with Gasteiger partial charge >= 0.3 is 0 Å². The lowest BCUT2D eigenvalue weighted by molar-refractivity contribution is -0.0203. The fraction of sp³-hybridized carbons (Fsp3) is 0.368. The van der Waals surface area contributed by atoms with Crippen LogP contribution < -0.4 is 0 Å². The van der Waals surface area contributed by atoms with Crippen LogP contribution in [0.1, 0.15) is 29.5 Å². The minimum atomic E-state index is -0.641. The Kier molecular flexibility index (Phi) is 4.09. The maximum absolute atomic E-state index is 10.8. The third-order valence-electron chi connectivity index (χ3n) is 4.56. The second kappa shape index (κ2) is 6.00. The number of aliphatic hydroxyl groups is 1. The lowest BCUT2D eigenvalue weighted by atomic mass is 9.84. The fourth-order valence-corrected chi connectivity index (χ4v) is 3.04. The lowest BCUT2D eigenvalue weighted by Crippen LogP contribution is -2.40. The molecule has 0 bridgehead atoms. The van der Waals surface area contributed by atoms with E-state index in [9.17, 15) is 5.11 Å². The minimum Gasteiger partial charge on any atom is -0.385 e. The van der Waals surface area contributed by atoms with E-state index in [0.717, 1.165) is 37.9 Å². The molecule has 2 heteroatoms. The van der Waals surface area contributed by atoms with Crippen LogP contribution in [-0.4, -0.2) is 30.1 Å². The first-order valence-electron chi connectivity index (χ1n) is 7.70. The molecule has 1 aliphatic rings. The summed E-state index contributed by atoms with van der Waals surface area (Å²) in [6, 6.07) is 19.0. The monoisotopic (exact) mass is 281 g/mol. The molecule has 0 saturated carbocycles. The van der Waals surface area contributed by atoms with Crippen molar-refractivity contribution in [2.75, 3.05) is 20.1 Å². The maximum Gasteiger partial charge on any atom is 0.0920 e. The molecule has 0 aromatic heterocycles. The molecule has 0 radical (unpaired) electrons. The zero-order valence-electron chi connectivity index (χ0n) is 12.6. The molecule has 1 fully saturated rings. The average molecular weight is 281 g/mol. The normalized spacial score (nSPS) is 18.6. The molecule has 21 heavy (non-hydrogen) atoms. The van der Waals surface area contributed by atoms with E-state index in [1.807, 2.05) is 6.07 Å². The molecule has 0 spiro atoms. The van der Waals surface area contributed by atoms with Gasteiger partial charge in [-0.3, -0.25) is 0 Å². The summed E-state index contributed by atoms with van der Waals surface area (Å²) < 4.78 is 0. The summed E-state index contributed by atoms with van der Waals surface area (Å²) >= 11 is 0. The molecule has 1 aliphatic heterocycles. The van der Waals surface area contributed by atoms with Crippen molar-refractivity contribution in [3.05, 3.63) is 71.3 Å². The standard InChI is InChI=1S/C19H23NO/c1-20-13-11-19(21,12-14-20)18-9-7-17(8-10-18)15-16-5-3-2-4-6-16/h2-10,21H,11-15H2,1H3. The van der Waals surface area contributed by atoms with Gasteiger partial charge in [0.1, 0.15) is 0 Å². The van der Waals surface area contributed by atoms with Gasteiger partial charge in [-0.05, 0) is 43.0 Å². The Balaban J connectivity index is 1.72. The molecular formula is C19H23NO. The number of rotatable bonds is 3. The quantitative estimate of drug-likeness (QED) is 0.934. The number of benzene rings is 2. The van der Waals surface area contributed by atoms with Gasteiger partial charge in [-0.1, -0.05) is 54.6 Å². The van der Waals surface area contributed by atoms with E-state index >= 15 is 0 Å². The molecule has 1 N–H and O–H groups in total. The van der Waals surface area contributed by atoms with Gasteiger partial charge in [0.05, 0.1) is 5.60 Å². The van der Waals surface area contributed by atoms with Crippen LogP contribution in [0.2, 0.25) is 0 Å². The number of hydrogen-bond donors (Lipinski definition) is 1. The van der Waals surface area contributed by atoms with E-state index in [2.05, 4.69) is 60.5 Å².